The van der Waals surface area contributed by atoms with Gasteiger partial charge in [0.05, 0.1) is 10.5 Å². The molecule has 5 heteroatoms. The van der Waals surface area contributed by atoms with Crippen molar-refractivity contribution in [3.05, 3.63) is 40.0 Å². The average Bonchev–Trinajstić information content (AvgIpc) is 2.17. The minimum Gasteiger partial charge on any atom is -0.398 e. The van der Waals surface area contributed by atoms with E-state index in [4.69, 9.17) is 11.1 Å². The summed E-state index contributed by atoms with van der Waals surface area (Å²) in [6, 6.07) is 2.70. The number of anilines is 1. The highest BCUT2D eigenvalue weighted by Crippen LogP contribution is 2.25. The van der Waals surface area contributed by atoms with Crippen LogP contribution in [-0.2, 0) is 0 Å². The molecule has 0 bridgehead atoms. The fourth-order valence-electron chi connectivity index (χ4n) is 1.09. The number of benzene rings is 1. The van der Waals surface area contributed by atoms with E-state index in [0.29, 0.717) is 11.1 Å². The van der Waals surface area contributed by atoms with E-state index >= 15 is 0 Å². The van der Waals surface area contributed by atoms with Gasteiger partial charge in [-0.1, -0.05) is 12.7 Å². The molecule has 3 N–H and O–H groups in total. The minimum absolute atomic E-state index is 0.0944. The SMILES string of the molecule is C=Cc1cc(C=N)c(N)cc1[N+](=O)[O-]. The molecule has 0 fully saturated rings. The van der Waals surface area contributed by atoms with Gasteiger partial charge in [0.25, 0.3) is 5.69 Å². The number of rotatable bonds is 3. The lowest BCUT2D eigenvalue weighted by Crippen LogP contribution is -1.98. The van der Waals surface area contributed by atoms with Gasteiger partial charge in [-0.2, -0.15) is 0 Å². The van der Waals surface area contributed by atoms with Crippen molar-refractivity contribution in [2.75, 3.05) is 5.73 Å². The molecule has 1 aromatic rings. The number of hydrogen-bond acceptors (Lipinski definition) is 4. The minimum atomic E-state index is -0.527. The van der Waals surface area contributed by atoms with Crippen LogP contribution in [0.3, 0.4) is 0 Å². The second-order valence-corrected chi connectivity index (χ2v) is 2.65. The highest BCUT2D eigenvalue weighted by atomic mass is 16.6. The Morgan fingerprint density at radius 1 is 1.50 bits per heavy atom. The van der Waals surface area contributed by atoms with Gasteiger partial charge in [0.15, 0.2) is 0 Å². The molecule has 0 amide bonds. The van der Waals surface area contributed by atoms with Crippen molar-refractivity contribution in [1.29, 1.82) is 5.41 Å². The zero-order chi connectivity index (χ0) is 10.7. The fourth-order valence-corrected chi connectivity index (χ4v) is 1.09. The Hall–Kier alpha value is -2.17. The Balaban J connectivity index is 3.46. The van der Waals surface area contributed by atoms with Gasteiger partial charge in [-0.25, -0.2) is 0 Å². The zero-order valence-corrected chi connectivity index (χ0v) is 7.36. The number of nitrogens with zero attached hydrogens (tertiary/aromatic N) is 1. The summed E-state index contributed by atoms with van der Waals surface area (Å²) < 4.78 is 0. The molecule has 0 aromatic heterocycles. The van der Waals surface area contributed by atoms with E-state index in [1.807, 2.05) is 0 Å². The third-order valence-corrected chi connectivity index (χ3v) is 1.80. The summed E-state index contributed by atoms with van der Waals surface area (Å²) in [6.45, 7) is 3.46. The fraction of sp³-hybridized carbons (Fsp3) is 0. The first-order chi connectivity index (χ1) is 6.60. The molecule has 14 heavy (non-hydrogen) atoms. The molecule has 0 unspecified atom stereocenters. The molecule has 0 radical (unpaired) electrons. The molecule has 0 saturated carbocycles. The molecular weight excluding hydrogens is 182 g/mol. The van der Waals surface area contributed by atoms with Crippen LogP contribution in [0.1, 0.15) is 11.1 Å². The Kier molecular flexibility index (Phi) is 2.62. The molecule has 0 spiro atoms. The lowest BCUT2D eigenvalue weighted by molar-refractivity contribution is -0.385. The molecule has 0 atom stereocenters. The molecule has 72 valence electrons. The number of nitrogens with one attached hydrogen (secondary N) is 1. The molecule has 0 heterocycles. The van der Waals surface area contributed by atoms with Crippen molar-refractivity contribution in [2.45, 2.75) is 0 Å². The van der Waals surface area contributed by atoms with Gasteiger partial charge in [0, 0.05) is 23.5 Å². The second kappa shape index (κ2) is 3.69. The molecule has 0 aliphatic carbocycles. The summed E-state index contributed by atoms with van der Waals surface area (Å²) in [5.41, 5.74) is 6.44. The molecule has 0 aliphatic rings. The van der Waals surface area contributed by atoms with Crippen LogP contribution in [0.15, 0.2) is 18.7 Å². The maximum Gasteiger partial charge on any atom is 0.278 e. The largest absolute Gasteiger partial charge is 0.398 e. The Morgan fingerprint density at radius 2 is 2.14 bits per heavy atom. The van der Waals surface area contributed by atoms with Crippen LogP contribution in [-0.4, -0.2) is 11.1 Å². The quantitative estimate of drug-likeness (QED) is 0.330. The molecular formula is C9H9N3O2. The van der Waals surface area contributed by atoms with Crippen LogP contribution in [0.5, 0.6) is 0 Å². The first-order valence-corrected chi connectivity index (χ1v) is 3.81. The summed E-state index contributed by atoms with van der Waals surface area (Å²) in [5, 5.41) is 17.6. The highest BCUT2D eigenvalue weighted by Gasteiger charge is 2.13. The van der Waals surface area contributed by atoms with Crippen LogP contribution in [0.25, 0.3) is 6.08 Å². The molecule has 0 aliphatic heterocycles. The zero-order valence-electron chi connectivity index (χ0n) is 7.36. The van der Waals surface area contributed by atoms with Crippen LogP contribution in [0.2, 0.25) is 0 Å². The lowest BCUT2D eigenvalue weighted by atomic mass is 10.1. The summed E-state index contributed by atoms with van der Waals surface area (Å²) >= 11 is 0. The summed E-state index contributed by atoms with van der Waals surface area (Å²) in [7, 11) is 0. The number of nitro groups is 1. The summed E-state index contributed by atoms with van der Waals surface area (Å²) in [6.07, 6.45) is 2.41. The van der Waals surface area contributed by atoms with Crippen molar-refractivity contribution < 1.29 is 4.92 Å². The van der Waals surface area contributed by atoms with Crippen molar-refractivity contribution in [1.82, 2.24) is 0 Å². The van der Waals surface area contributed by atoms with Gasteiger partial charge in [-0.15, -0.1) is 0 Å². The van der Waals surface area contributed by atoms with Gasteiger partial charge >= 0.3 is 0 Å². The maximum absolute atomic E-state index is 10.6. The standard InChI is InChI=1S/C9H9N3O2/c1-2-6-3-7(5-10)8(11)4-9(6)12(13)14/h2-5,10H,1,11H2. The molecule has 0 saturated heterocycles. The second-order valence-electron chi connectivity index (χ2n) is 2.65. The van der Waals surface area contributed by atoms with Gasteiger partial charge < -0.3 is 11.1 Å². The first-order valence-electron chi connectivity index (χ1n) is 3.81. The number of nitrogens with two attached hydrogens (primary N) is 1. The van der Waals surface area contributed by atoms with Crippen LogP contribution in [0.4, 0.5) is 11.4 Å². The van der Waals surface area contributed by atoms with E-state index in [2.05, 4.69) is 6.58 Å². The summed E-state index contributed by atoms with van der Waals surface area (Å²) in [4.78, 5) is 10.1. The van der Waals surface area contributed by atoms with Gasteiger partial charge in [-0.05, 0) is 6.07 Å². The van der Waals surface area contributed by atoms with Gasteiger partial charge in [0.1, 0.15) is 0 Å². The van der Waals surface area contributed by atoms with E-state index in [0.717, 1.165) is 6.21 Å². The molecule has 5 nitrogen and oxygen atoms in total. The molecule has 1 rings (SSSR count). The Morgan fingerprint density at radius 3 is 2.57 bits per heavy atom. The van der Waals surface area contributed by atoms with Crippen LogP contribution >= 0.6 is 0 Å². The molecule has 1 aromatic carbocycles. The smallest absolute Gasteiger partial charge is 0.278 e. The van der Waals surface area contributed by atoms with Crippen molar-refractivity contribution in [2.24, 2.45) is 0 Å². The van der Waals surface area contributed by atoms with E-state index in [1.54, 1.807) is 0 Å². The normalized spacial score (nSPS) is 9.43. The van der Waals surface area contributed by atoms with Crippen molar-refractivity contribution in [3.8, 4) is 0 Å². The van der Waals surface area contributed by atoms with Crippen molar-refractivity contribution in [3.63, 3.8) is 0 Å². The summed E-state index contributed by atoms with van der Waals surface area (Å²) in [5.74, 6) is 0. The van der Waals surface area contributed by atoms with E-state index in [-0.39, 0.29) is 11.4 Å². The van der Waals surface area contributed by atoms with Crippen molar-refractivity contribution >= 4 is 23.7 Å². The van der Waals surface area contributed by atoms with Crippen LogP contribution < -0.4 is 5.73 Å². The Bertz CT molecular complexity index is 413. The number of nitrogen functional groups attached to an aromatic ring is 1. The number of hydrogen-bond donors (Lipinski definition) is 2. The van der Waals surface area contributed by atoms with E-state index in [1.165, 1.54) is 18.2 Å². The monoisotopic (exact) mass is 191 g/mol. The van der Waals surface area contributed by atoms with Crippen LogP contribution in [0, 0.1) is 15.5 Å². The first kappa shape index (κ1) is 9.91. The van der Waals surface area contributed by atoms with E-state index in [9.17, 15) is 10.1 Å². The Labute approximate surface area is 80.5 Å². The topological polar surface area (TPSA) is 93.0 Å². The van der Waals surface area contributed by atoms with Gasteiger partial charge in [-0.3, -0.25) is 10.1 Å². The predicted molar refractivity (Wildman–Crippen MR) is 55.5 cm³/mol. The van der Waals surface area contributed by atoms with Gasteiger partial charge in [0.2, 0.25) is 0 Å². The number of nitro benzene ring substituents is 1. The third-order valence-electron chi connectivity index (χ3n) is 1.80. The maximum atomic E-state index is 10.6. The third kappa shape index (κ3) is 1.61. The average molecular weight is 191 g/mol. The lowest BCUT2D eigenvalue weighted by Gasteiger charge is -2.02. The highest BCUT2D eigenvalue weighted by molar-refractivity contribution is 5.87. The van der Waals surface area contributed by atoms with E-state index < -0.39 is 4.92 Å². The predicted octanol–water partition coefficient (Wildman–Crippen LogP) is 1.82.